The minimum absolute atomic E-state index is 0.0860. The van der Waals surface area contributed by atoms with E-state index in [9.17, 15) is 9.90 Å². The van der Waals surface area contributed by atoms with E-state index in [1.165, 1.54) is 18.4 Å². The summed E-state index contributed by atoms with van der Waals surface area (Å²) in [6.45, 7) is 2.02. The average molecular weight is 355 g/mol. The maximum Gasteiger partial charge on any atom is 0.174 e. The summed E-state index contributed by atoms with van der Waals surface area (Å²) in [5.74, 6) is 2.32. The molecule has 2 bridgehead atoms. The summed E-state index contributed by atoms with van der Waals surface area (Å²) >= 11 is 0. The van der Waals surface area contributed by atoms with E-state index in [-0.39, 0.29) is 11.8 Å². The minimum Gasteiger partial charge on any atom is -0.493 e. The van der Waals surface area contributed by atoms with Gasteiger partial charge in [0.25, 0.3) is 0 Å². The lowest BCUT2D eigenvalue weighted by Crippen LogP contribution is -2.76. The second-order valence-electron chi connectivity index (χ2n) is 8.90. The fourth-order valence-corrected chi connectivity index (χ4v) is 6.41. The van der Waals surface area contributed by atoms with Crippen LogP contribution in [0.25, 0.3) is 0 Å². The highest BCUT2D eigenvalue weighted by molar-refractivity contribution is 5.90. The molecule has 3 aliphatic carbocycles. The predicted octanol–water partition coefficient (Wildman–Crippen LogP) is 1.83. The Balaban J connectivity index is 1.57. The fraction of sp³-hybridized carbons (Fsp3) is 0.667. The number of Topliss-reactive ketones (excluding diaryl/α,β-unsaturated/α-hetero) is 1. The summed E-state index contributed by atoms with van der Waals surface area (Å²) in [5.41, 5.74) is 0.821. The number of likely N-dealkylation sites (tertiary alicyclic amines) is 1. The van der Waals surface area contributed by atoms with Gasteiger partial charge in [-0.25, -0.2) is 0 Å². The molecule has 5 aliphatic rings. The molecule has 2 aliphatic heterocycles. The Morgan fingerprint density at radius 2 is 2.19 bits per heavy atom. The number of methoxy groups -OCH3 is 1. The first-order valence-corrected chi connectivity index (χ1v) is 9.94. The first-order chi connectivity index (χ1) is 12.6. The first kappa shape index (κ1) is 15.5. The van der Waals surface area contributed by atoms with Crippen LogP contribution in [0.3, 0.4) is 0 Å². The van der Waals surface area contributed by atoms with E-state index in [1.807, 2.05) is 6.07 Å². The Labute approximate surface area is 153 Å². The molecule has 1 aromatic carbocycles. The van der Waals surface area contributed by atoms with Crippen LogP contribution in [0.15, 0.2) is 12.1 Å². The molecule has 5 heteroatoms. The molecular formula is C21H25NO4. The Morgan fingerprint density at radius 1 is 1.35 bits per heavy atom. The van der Waals surface area contributed by atoms with Gasteiger partial charge in [0.15, 0.2) is 23.4 Å². The van der Waals surface area contributed by atoms with Gasteiger partial charge >= 0.3 is 0 Å². The first-order valence-electron chi connectivity index (χ1n) is 9.94. The lowest BCUT2D eigenvalue weighted by molar-refractivity contribution is -0.188. The van der Waals surface area contributed by atoms with Crippen molar-refractivity contribution in [1.29, 1.82) is 0 Å². The lowest BCUT2D eigenvalue weighted by atomic mass is 9.49. The van der Waals surface area contributed by atoms with Crippen molar-refractivity contribution in [3.63, 3.8) is 0 Å². The van der Waals surface area contributed by atoms with E-state index >= 15 is 0 Å². The minimum atomic E-state index is -0.886. The highest BCUT2D eigenvalue weighted by Gasteiger charge is 2.73. The Hall–Kier alpha value is -1.59. The maximum absolute atomic E-state index is 12.8. The SMILES string of the molecule is COc1ccc2c3c1O[C@H]1C(=O)CC[C@@]4(O)[C@@H](C2)N(CC2CC2)CCC314. The summed E-state index contributed by atoms with van der Waals surface area (Å²) in [6.07, 6.45) is 4.65. The van der Waals surface area contributed by atoms with Crippen molar-refractivity contribution in [3.05, 3.63) is 23.3 Å². The number of rotatable bonds is 3. The topological polar surface area (TPSA) is 59.0 Å². The Kier molecular flexibility index (Phi) is 2.86. The molecule has 2 saturated carbocycles. The molecule has 1 unspecified atom stereocenters. The van der Waals surface area contributed by atoms with E-state index in [4.69, 9.17) is 9.47 Å². The average Bonchev–Trinajstić information content (AvgIpc) is 3.37. The number of nitrogens with zero attached hydrogens (tertiary/aromatic N) is 1. The molecule has 1 aromatic rings. The van der Waals surface area contributed by atoms with Gasteiger partial charge in [-0.15, -0.1) is 0 Å². The van der Waals surface area contributed by atoms with E-state index in [0.717, 1.165) is 37.4 Å². The zero-order chi connectivity index (χ0) is 17.7. The van der Waals surface area contributed by atoms with Crippen molar-refractivity contribution >= 4 is 5.78 Å². The predicted molar refractivity (Wildman–Crippen MR) is 94.7 cm³/mol. The summed E-state index contributed by atoms with van der Waals surface area (Å²) in [5, 5.41) is 12.1. The Morgan fingerprint density at radius 3 is 2.96 bits per heavy atom. The molecule has 1 spiro atoms. The van der Waals surface area contributed by atoms with Crippen molar-refractivity contribution in [1.82, 2.24) is 4.90 Å². The van der Waals surface area contributed by atoms with Crippen molar-refractivity contribution in [2.75, 3.05) is 20.2 Å². The van der Waals surface area contributed by atoms with E-state index in [2.05, 4.69) is 11.0 Å². The second-order valence-corrected chi connectivity index (χ2v) is 8.90. The van der Waals surface area contributed by atoms with Crippen LogP contribution >= 0.6 is 0 Å². The molecule has 3 fully saturated rings. The van der Waals surface area contributed by atoms with E-state index in [1.54, 1.807) is 7.11 Å². The molecule has 0 aromatic heterocycles. The summed E-state index contributed by atoms with van der Waals surface area (Å²) in [6, 6.07) is 4.16. The highest BCUT2D eigenvalue weighted by Crippen LogP contribution is 2.65. The van der Waals surface area contributed by atoms with Gasteiger partial charge in [-0.3, -0.25) is 9.69 Å². The quantitative estimate of drug-likeness (QED) is 0.896. The van der Waals surface area contributed by atoms with Gasteiger partial charge in [-0.1, -0.05) is 6.07 Å². The second kappa shape index (κ2) is 4.82. The van der Waals surface area contributed by atoms with Crippen LogP contribution in [-0.4, -0.2) is 53.7 Å². The molecule has 1 saturated heterocycles. The van der Waals surface area contributed by atoms with Crippen molar-refractivity contribution in [2.45, 2.75) is 61.7 Å². The number of ketones is 1. The molecule has 5 nitrogen and oxygen atoms in total. The fourth-order valence-electron chi connectivity index (χ4n) is 6.41. The molecule has 6 rings (SSSR count). The largest absolute Gasteiger partial charge is 0.493 e. The third kappa shape index (κ3) is 1.63. The normalized spacial score (nSPS) is 40.2. The molecule has 1 N–H and O–H groups in total. The third-order valence-electron chi connectivity index (χ3n) is 7.76. The van der Waals surface area contributed by atoms with Crippen molar-refractivity contribution in [2.24, 2.45) is 5.92 Å². The number of ether oxygens (including phenoxy) is 2. The number of piperidine rings is 1. The lowest BCUT2D eigenvalue weighted by Gasteiger charge is -2.62. The third-order valence-corrected chi connectivity index (χ3v) is 7.76. The Bertz CT molecular complexity index is 818. The van der Waals surface area contributed by atoms with Gasteiger partial charge in [-0.05, 0) is 56.2 Å². The van der Waals surface area contributed by atoms with E-state index in [0.29, 0.717) is 24.3 Å². The highest BCUT2D eigenvalue weighted by atomic mass is 16.5. The van der Waals surface area contributed by atoms with Crippen molar-refractivity contribution < 1.29 is 19.4 Å². The molecular weight excluding hydrogens is 330 g/mol. The molecule has 138 valence electrons. The molecule has 2 heterocycles. The van der Waals surface area contributed by atoms with Crippen LogP contribution < -0.4 is 9.47 Å². The van der Waals surface area contributed by atoms with Gasteiger partial charge in [0.2, 0.25) is 0 Å². The number of hydrogen-bond acceptors (Lipinski definition) is 5. The van der Waals surface area contributed by atoms with Gasteiger partial charge in [-0.2, -0.15) is 0 Å². The zero-order valence-electron chi connectivity index (χ0n) is 15.2. The number of benzene rings is 1. The summed E-state index contributed by atoms with van der Waals surface area (Å²) < 4.78 is 11.8. The van der Waals surface area contributed by atoms with Crippen LogP contribution in [0.4, 0.5) is 0 Å². The van der Waals surface area contributed by atoms with Crippen LogP contribution in [-0.2, 0) is 16.6 Å². The maximum atomic E-state index is 12.8. The van der Waals surface area contributed by atoms with Crippen LogP contribution in [0.2, 0.25) is 0 Å². The number of carbonyl (C=O) groups is 1. The number of carbonyl (C=O) groups excluding carboxylic acids is 1. The van der Waals surface area contributed by atoms with Crippen molar-refractivity contribution in [3.8, 4) is 11.5 Å². The van der Waals surface area contributed by atoms with Crippen LogP contribution in [0.5, 0.6) is 11.5 Å². The van der Waals surface area contributed by atoms with Gasteiger partial charge in [0, 0.05) is 24.6 Å². The number of hydrogen-bond donors (Lipinski definition) is 1. The monoisotopic (exact) mass is 355 g/mol. The summed E-state index contributed by atoms with van der Waals surface area (Å²) in [7, 11) is 1.64. The number of aliphatic hydroxyl groups is 1. The van der Waals surface area contributed by atoms with Gasteiger partial charge < -0.3 is 14.6 Å². The zero-order valence-corrected chi connectivity index (χ0v) is 15.2. The standard InChI is InChI=1S/C21H25NO4/c1-25-15-5-4-13-10-16-21(24)7-6-14(23)19-20(21,17(13)18(15)26-19)8-9-22(16)11-12-2-3-12/h4-5,12,16,19,24H,2-3,6-11H2,1H3/t16-,19+,20?,21-/m1/s1. The van der Waals surface area contributed by atoms with Crippen LogP contribution in [0.1, 0.15) is 43.2 Å². The van der Waals surface area contributed by atoms with Gasteiger partial charge in [0.05, 0.1) is 18.1 Å². The smallest absolute Gasteiger partial charge is 0.174 e. The van der Waals surface area contributed by atoms with E-state index < -0.39 is 17.1 Å². The molecule has 0 radical (unpaired) electrons. The van der Waals surface area contributed by atoms with Crippen LogP contribution in [0, 0.1) is 5.92 Å². The van der Waals surface area contributed by atoms with Gasteiger partial charge in [0.1, 0.15) is 0 Å². The molecule has 26 heavy (non-hydrogen) atoms. The molecule has 4 atom stereocenters. The summed E-state index contributed by atoms with van der Waals surface area (Å²) in [4.78, 5) is 15.4. The molecule has 0 amide bonds.